The summed E-state index contributed by atoms with van der Waals surface area (Å²) >= 11 is 6.10. The second-order valence-electron chi connectivity index (χ2n) is 5.65. The summed E-state index contributed by atoms with van der Waals surface area (Å²) in [7, 11) is 2.19. The number of hydrogen-bond acceptors (Lipinski definition) is 3. The van der Waals surface area contributed by atoms with Gasteiger partial charge in [-0.2, -0.15) is 0 Å². The van der Waals surface area contributed by atoms with Crippen LogP contribution < -0.4 is 10.1 Å². The highest BCUT2D eigenvalue weighted by Gasteiger charge is 2.22. The average Bonchev–Trinajstić information content (AvgIpc) is 2.42. The molecule has 1 saturated heterocycles. The standard InChI is InChI=1S/C16H25ClN2O/c1-4-20-16-6-5-14(17)11-15(16)18-12(2)13-7-9-19(3)10-8-13/h5-6,11-13,18H,4,7-10H2,1-3H3. The molecule has 4 heteroatoms. The Morgan fingerprint density at radius 3 is 2.75 bits per heavy atom. The first kappa shape index (κ1) is 15.5. The zero-order valence-corrected chi connectivity index (χ0v) is 13.4. The van der Waals surface area contributed by atoms with Crippen molar-refractivity contribution in [3.63, 3.8) is 0 Å². The third-order valence-electron chi connectivity index (χ3n) is 4.09. The smallest absolute Gasteiger partial charge is 0.142 e. The monoisotopic (exact) mass is 296 g/mol. The van der Waals surface area contributed by atoms with Gasteiger partial charge in [0.1, 0.15) is 5.75 Å². The lowest BCUT2D eigenvalue weighted by molar-refractivity contribution is 0.208. The van der Waals surface area contributed by atoms with E-state index >= 15 is 0 Å². The molecule has 1 fully saturated rings. The summed E-state index contributed by atoms with van der Waals surface area (Å²) in [5.74, 6) is 1.59. The molecule has 1 unspecified atom stereocenters. The summed E-state index contributed by atoms with van der Waals surface area (Å²) in [4.78, 5) is 2.40. The lowest BCUT2D eigenvalue weighted by atomic mass is 9.90. The molecule has 1 aliphatic rings. The highest BCUT2D eigenvalue weighted by atomic mass is 35.5. The Bertz CT molecular complexity index is 430. The van der Waals surface area contributed by atoms with Gasteiger partial charge >= 0.3 is 0 Å². The first-order chi connectivity index (χ1) is 9.60. The molecule has 0 spiro atoms. The van der Waals surface area contributed by atoms with E-state index in [-0.39, 0.29) is 0 Å². The Kier molecular flexibility index (Phi) is 5.55. The molecule has 1 atom stereocenters. The minimum Gasteiger partial charge on any atom is -0.492 e. The first-order valence-corrected chi connectivity index (χ1v) is 7.85. The van der Waals surface area contributed by atoms with E-state index in [1.54, 1.807) is 0 Å². The maximum Gasteiger partial charge on any atom is 0.142 e. The van der Waals surface area contributed by atoms with Crippen LogP contribution in [0.1, 0.15) is 26.7 Å². The maximum atomic E-state index is 6.10. The van der Waals surface area contributed by atoms with E-state index in [1.165, 1.54) is 25.9 Å². The van der Waals surface area contributed by atoms with Crippen molar-refractivity contribution in [2.45, 2.75) is 32.7 Å². The molecule has 20 heavy (non-hydrogen) atoms. The van der Waals surface area contributed by atoms with E-state index in [4.69, 9.17) is 16.3 Å². The molecule has 2 rings (SSSR count). The molecule has 0 radical (unpaired) electrons. The Balaban J connectivity index is 2.02. The average molecular weight is 297 g/mol. The predicted molar refractivity (Wildman–Crippen MR) is 85.9 cm³/mol. The Morgan fingerprint density at radius 1 is 1.40 bits per heavy atom. The minimum atomic E-state index is 0.432. The van der Waals surface area contributed by atoms with Gasteiger partial charge in [-0.3, -0.25) is 0 Å². The SMILES string of the molecule is CCOc1ccc(Cl)cc1NC(C)C1CCN(C)CC1. The van der Waals surface area contributed by atoms with Crippen LogP contribution in [0.3, 0.4) is 0 Å². The molecule has 0 aromatic heterocycles. The molecular formula is C16H25ClN2O. The summed E-state index contributed by atoms with van der Waals surface area (Å²) in [6.07, 6.45) is 2.49. The Labute approximate surface area is 127 Å². The molecule has 1 N–H and O–H groups in total. The fraction of sp³-hybridized carbons (Fsp3) is 0.625. The van der Waals surface area contributed by atoms with Crippen LogP contribution in [0.15, 0.2) is 18.2 Å². The highest BCUT2D eigenvalue weighted by molar-refractivity contribution is 6.30. The number of halogens is 1. The number of nitrogens with one attached hydrogen (secondary N) is 1. The number of benzene rings is 1. The number of likely N-dealkylation sites (tertiary alicyclic amines) is 1. The van der Waals surface area contributed by atoms with Gasteiger partial charge in [-0.15, -0.1) is 0 Å². The number of piperidine rings is 1. The number of anilines is 1. The van der Waals surface area contributed by atoms with Gasteiger partial charge in [-0.1, -0.05) is 11.6 Å². The van der Waals surface area contributed by atoms with Crippen LogP contribution in [0.25, 0.3) is 0 Å². The quantitative estimate of drug-likeness (QED) is 0.892. The zero-order chi connectivity index (χ0) is 14.5. The predicted octanol–water partition coefficient (Wildman–Crippen LogP) is 3.88. The molecule has 0 aliphatic carbocycles. The normalized spacial score (nSPS) is 18.8. The second-order valence-corrected chi connectivity index (χ2v) is 6.08. The lowest BCUT2D eigenvalue weighted by Gasteiger charge is -2.33. The molecule has 1 aromatic carbocycles. The molecule has 112 valence electrons. The second kappa shape index (κ2) is 7.19. The number of hydrogen-bond donors (Lipinski definition) is 1. The maximum absolute atomic E-state index is 6.10. The van der Waals surface area contributed by atoms with Gasteiger partial charge in [0.05, 0.1) is 12.3 Å². The number of ether oxygens (including phenoxy) is 1. The number of rotatable bonds is 5. The van der Waals surface area contributed by atoms with E-state index in [0.29, 0.717) is 18.6 Å². The van der Waals surface area contributed by atoms with Gasteiger partial charge in [0, 0.05) is 11.1 Å². The third-order valence-corrected chi connectivity index (χ3v) is 4.33. The largest absolute Gasteiger partial charge is 0.492 e. The van der Waals surface area contributed by atoms with E-state index in [1.807, 2.05) is 25.1 Å². The minimum absolute atomic E-state index is 0.432. The van der Waals surface area contributed by atoms with Crippen LogP contribution in [0.5, 0.6) is 5.75 Å². The van der Waals surface area contributed by atoms with Crippen LogP contribution >= 0.6 is 11.6 Å². The van der Waals surface area contributed by atoms with E-state index in [2.05, 4.69) is 24.2 Å². The van der Waals surface area contributed by atoms with Crippen LogP contribution in [0.2, 0.25) is 5.02 Å². The van der Waals surface area contributed by atoms with Gasteiger partial charge in [-0.25, -0.2) is 0 Å². The van der Waals surface area contributed by atoms with Gasteiger partial charge in [0.2, 0.25) is 0 Å². The summed E-state index contributed by atoms with van der Waals surface area (Å²) in [6.45, 7) is 7.29. The van der Waals surface area contributed by atoms with E-state index in [9.17, 15) is 0 Å². The Hall–Kier alpha value is -0.930. The van der Waals surface area contributed by atoms with Crippen molar-refractivity contribution in [3.8, 4) is 5.75 Å². The lowest BCUT2D eigenvalue weighted by Crippen LogP contribution is -2.37. The highest BCUT2D eigenvalue weighted by Crippen LogP contribution is 2.31. The molecule has 0 bridgehead atoms. The van der Waals surface area contributed by atoms with Crippen molar-refractivity contribution in [2.75, 3.05) is 32.1 Å². The van der Waals surface area contributed by atoms with E-state index in [0.717, 1.165) is 16.5 Å². The fourth-order valence-corrected chi connectivity index (χ4v) is 2.96. The van der Waals surface area contributed by atoms with Crippen LogP contribution in [0.4, 0.5) is 5.69 Å². The summed E-state index contributed by atoms with van der Waals surface area (Å²) in [5, 5.41) is 4.33. The third kappa shape index (κ3) is 4.03. The summed E-state index contributed by atoms with van der Waals surface area (Å²) in [6, 6.07) is 6.20. The van der Waals surface area contributed by atoms with Gasteiger partial charge in [0.15, 0.2) is 0 Å². The van der Waals surface area contributed by atoms with Crippen LogP contribution in [-0.2, 0) is 0 Å². The van der Waals surface area contributed by atoms with Crippen LogP contribution in [-0.4, -0.2) is 37.7 Å². The van der Waals surface area contributed by atoms with Crippen molar-refractivity contribution in [1.29, 1.82) is 0 Å². The molecular weight excluding hydrogens is 272 g/mol. The van der Waals surface area contributed by atoms with E-state index < -0.39 is 0 Å². The van der Waals surface area contributed by atoms with Crippen molar-refractivity contribution >= 4 is 17.3 Å². The summed E-state index contributed by atoms with van der Waals surface area (Å²) < 4.78 is 5.67. The fourth-order valence-electron chi connectivity index (χ4n) is 2.79. The molecule has 0 amide bonds. The summed E-state index contributed by atoms with van der Waals surface area (Å²) in [5.41, 5.74) is 1.01. The van der Waals surface area contributed by atoms with Crippen molar-refractivity contribution < 1.29 is 4.74 Å². The molecule has 1 aromatic rings. The molecule has 1 aliphatic heterocycles. The molecule has 3 nitrogen and oxygen atoms in total. The van der Waals surface area contributed by atoms with Crippen molar-refractivity contribution in [1.82, 2.24) is 4.90 Å². The Morgan fingerprint density at radius 2 is 2.10 bits per heavy atom. The molecule has 0 saturated carbocycles. The van der Waals surface area contributed by atoms with Crippen LogP contribution in [0, 0.1) is 5.92 Å². The van der Waals surface area contributed by atoms with Gasteiger partial charge in [-0.05, 0) is 70.9 Å². The van der Waals surface area contributed by atoms with Crippen molar-refractivity contribution in [3.05, 3.63) is 23.2 Å². The van der Waals surface area contributed by atoms with Gasteiger partial charge in [0.25, 0.3) is 0 Å². The van der Waals surface area contributed by atoms with Gasteiger partial charge < -0.3 is 15.0 Å². The number of nitrogens with zero attached hydrogens (tertiary/aromatic N) is 1. The zero-order valence-electron chi connectivity index (χ0n) is 12.7. The topological polar surface area (TPSA) is 24.5 Å². The first-order valence-electron chi connectivity index (χ1n) is 7.47. The van der Waals surface area contributed by atoms with Crippen molar-refractivity contribution in [2.24, 2.45) is 5.92 Å². The molecule has 1 heterocycles.